The van der Waals surface area contributed by atoms with Crippen LogP contribution in [-0.2, 0) is 13.0 Å². The molecule has 1 heterocycles. The first-order valence-electron chi connectivity index (χ1n) is 7.67. The van der Waals surface area contributed by atoms with E-state index in [1.807, 2.05) is 42.2 Å². The van der Waals surface area contributed by atoms with Crippen LogP contribution in [0.2, 0.25) is 0 Å². The van der Waals surface area contributed by atoms with Crippen molar-refractivity contribution < 1.29 is 4.79 Å². The van der Waals surface area contributed by atoms with Crippen molar-refractivity contribution in [2.24, 2.45) is 0 Å². The Balaban J connectivity index is 1.85. The summed E-state index contributed by atoms with van der Waals surface area (Å²) in [7, 11) is 0. The number of benzene rings is 1. The molecular formula is C18H23N3O. The first-order valence-corrected chi connectivity index (χ1v) is 7.67. The van der Waals surface area contributed by atoms with Gasteiger partial charge in [0.15, 0.2) is 0 Å². The highest BCUT2D eigenvalue weighted by atomic mass is 16.2. The number of carbonyl (C=O) groups is 1. The maximum absolute atomic E-state index is 12.3. The number of urea groups is 1. The lowest BCUT2D eigenvalue weighted by molar-refractivity contribution is 0.200. The molecule has 2 amide bonds. The van der Waals surface area contributed by atoms with Gasteiger partial charge in [-0.2, -0.15) is 0 Å². The molecule has 0 bridgehead atoms. The Kier molecular flexibility index (Phi) is 5.95. The average molecular weight is 297 g/mol. The summed E-state index contributed by atoms with van der Waals surface area (Å²) >= 11 is 0. The minimum atomic E-state index is -0.0141. The van der Waals surface area contributed by atoms with E-state index in [4.69, 9.17) is 0 Å². The van der Waals surface area contributed by atoms with Crippen LogP contribution in [0.1, 0.15) is 23.6 Å². The van der Waals surface area contributed by atoms with Gasteiger partial charge in [-0.15, -0.1) is 0 Å². The van der Waals surface area contributed by atoms with Crippen LogP contribution in [-0.4, -0.2) is 29.0 Å². The van der Waals surface area contributed by atoms with E-state index in [1.165, 1.54) is 11.1 Å². The molecule has 0 aliphatic carbocycles. The number of likely N-dealkylation sites (N-methyl/N-ethyl adjacent to an activating group) is 1. The minimum absolute atomic E-state index is 0.0141. The number of carbonyl (C=O) groups excluding carboxylic acids is 1. The molecule has 2 aromatic rings. The van der Waals surface area contributed by atoms with Crippen molar-refractivity contribution in [2.45, 2.75) is 26.8 Å². The van der Waals surface area contributed by atoms with E-state index in [2.05, 4.69) is 23.3 Å². The topological polar surface area (TPSA) is 45.2 Å². The van der Waals surface area contributed by atoms with Gasteiger partial charge in [-0.05, 0) is 49.1 Å². The number of aromatic nitrogens is 1. The summed E-state index contributed by atoms with van der Waals surface area (Å²) in [5.41, 5.74) is 3.55. The van der Waals surface area contributed by atoms with E-state index in [1.54, 1.807) is 12.4 Å². The third-order valence-corrected chi connectivity index (χ3v) is 3.78. The molecule has 0 saturated carbocycles. The standard InChI is InChI=1S/C18H23N3O/c1-3-21(13-10-16-8-11-19-12-9-16)18(22)20-14-17-7-5-4-6-15(17)2/h4-9,11-12H,3,10,13-14H2,1-2H3,(H,20,22). The average Bonchev–Trinajstić information content (AvgIpc) is 2.55. The maximum Gasteiger partial charge on any atom is 0.317 e. The monoisotopic (exact) mass is 297 g/mol. The molecule has 4 heteroatoms. The highest BCUT2D eigenvalue weighted by molar-refractivity contribution is 5.74. The molecule has 0 aliphatic rings. The highest BCUT2D eigenvalue weighted by Crippen LogP contribution is 2.07. The van der Waals surface area contributed by atoms with Crippen LogP contribution < -0.4 is 5.32 Å². The third-order valence-electron chi connectivity index (χ3n) is 3.78. The van der Waals surface area contributed by atoms with Gasteiger partial charge in [0.1, 0.15) is 0 Å². The number of nitrogens with one attached hydrogen (secondary N) is 1. The van der Waals surface area contributed by atoms with E-state index >= 15 is 0 Å². The molecular weight excluding hydrogens is 274 g/mol. The van der Waals surface area contributed by atoms with Crippen molar-refractivity contribution in [1.82, 2.24) is 15.2 Å². The summed E-state index contributed by atoms with van der Waals surface area (Å²) in [5, 5.41) is 3.00. The van der Waals surface area contributed by atoms with E-state index in [-0.39, 0.29) is 6.03 Å². The first kappa shape index (κ1) is 16.0. The Morgan fingerprint density at radius 3 is 2.59 bits per heavy atom. The molecule has 2 rings (SSSR count). The molecule has 0 saturated heterocycles. The molecule has 1 aromatic carbocycles. The van der Waals surface area contributed by atoms with E-state index in [0.717, 1.165) is 12.0 Å². The fourth-order valence-corrected chi connectivity index (χ4v) is 2.31. The fraction of sp³-hybridized carbons (Fsp3) is 0.333. The summed E-state index contributed by atoms with van der Waals surface area (Å²) in [6, 6.07) is 12.1. The lowest BCUT2D eigenvalue weighted by Crippen LogP contribution is -2.40. The van der Waals surface area contributed by atoms with Gasteiger partial charge in [0.25, 0.3) is 0 Å². The van der Waals surface area contributed by atoms with Crippen LogP contribution >= 0.6 is 0 Å². The van der Waals surface area contributed by atoms with Gasteiger partial charge >= 0.3 is 6.03 Å². The third kappa shape index (κ3) is 4.58. The molecule has 0 atom stereocenters. The van der Waals surface area contributed by atoms with Crippen LogP contribution in [0.5, 0.6) is 0 Å². The predicted molar refractivity (Wildman–Crippen MR) is 88.6 cm³/mol. The summed E-state index contributed by atoms with van der Waals surface area (Å²) in [6.45, 7) is 6.03. The van der Waals surface area contributed by atoms with E-state index in [9.17, 15) is 4.79 Å². The number of rotatable bonds is 6. The van der Waals surface area contributed by atoms with Gasteiger partial charge in [-0.1, -0.05) is 24.3 Å². The minimum Gasteiger partial charge on any atom is -0.334 e. The van der Waals surface area contributed by atoms with Crippen molar-refractivity contribution in [3.05, 3.63) is 65.5 Å². The number of amides is 2. The van der Waals surface area contributed by atoms with Crippen LogP contribution in [0.15, 0.2) is 48.8 Å². The lowest BCUT2D eigenvalue weighted by Gasteiger charge is -2.21. The largest absolute Gasteiger partial charge is 0.334 e. The summed E-state index contributed by atoms with van der Waals surface area (Å²) in [6.07, 6.45) is 4.40. The van der Waals surface area contributed by atoms with Crippen molar-refractivity contribution in [3.63, 3.8) is 0 Å². The smallest absolute Gasteiger partial charge is 0.317 e. The zero-order chi connectivity index (χ0) is 15.8. The quantitative estimate of drug-likeness (QED) is 0.890. The molecule has 0 unspecified atom stereocenters. The summed E-state index contributed by atoms with van der Waals surface area (Å²) in [5.74, 6) is 0. The second-order valence-corrected chi connectivity index (χ2v) is 5.27. The molecule has 4 nitrogen and oxygen atoms in total. The molecule has 0 radical (unpaired) electrons. The SMILES string of the molecule is CCN(CCc1ccncc1)C(=O)NCc1ccccc1C. The Hall–Kier alpha value is -2.36. The molecule has 1 N–H and O–H groups in total. The number of hydrogen-bond donors (Lipinski definition) is 1. The Morgan fingerprint density at radius 2 is 1.91 bits per heavy atom. The van der Waals surface area contributed by atoms with Gasteiger partial charge in [-0.3, -0.25) is 4.98 Å². The molecule has 0 spiro atoms. The number of nitrogens with zero attached hydrogens (tertiary/aromatic N) is 2. The highest BCUT2D eigenvalue weighted by Gasteiger charge is 2.11. The number of hydrogen-bond acceptors (Lipinski definition) is 2. The zero-order valence-corrected chi connectivity index (χ0v) is 13.2. The second-order valence-electron chi connectivity index (χ2n) is 5.27. The Bertz CT molecular complexity index is 598. The second kappa shape index (κ2) is 8.17. The van der Waals surface area contributed by atoms with Gasteiger partial charge in [-0.25, -0.2) is 4.79 Å². The predicted octanol–water partition coefficient (Wildman–Crippen LogP) is 3.16. The van der Waals surface area contributed by atoms with Crippen molar-refractivity contribution in [2.75, 3.05) is 13.1 Å². The molecule has 22 heavy (non-hydrogen) atoms. The molecule has 116 valence electrons. The van der Waals surface area contributed by atoms with Gasteiger partial charge in [0.05, 0.1) is 0 Å². The van der Waals surface area contributed by atoms with Crippen molar-refractivity contribution in [3.8, 4) is 0 Å². The number of pyridine rings is 1. The van der Waals surface area contributed by atoms with Crippen LogP contribution in [0.25, 0.3) is 0 Å². The molecule has 1 aromatic heterocycles. The van der Waals surface area contributed by atoms with E-state index < -0.39 is 0 Å². The van der Waals surface area contributed by atoms with Crippen molar-refractivity contribution >= 4 is 6.03 Å². The normalized spacial score (nSPS) is 10.3. The van der Waals surface area contributed by atoms with E-state index in [0.29, 0.717) is 19.6 Å². The number of aryl methyl sites for hydroxylation is 1. The summed E-state index contributed by atoms with van der Waals surface area (Å²) in [4.78, 5) is 18.1. The summed E-state index contributed by atoms with van der Waals surface area (Å²) < 4.78 is 0. The molecule has 0 aliphatic heterocycles. The first-order chi connectivity index (χ1) is 10.7. The van der Waals surface area contributed by atoms with Crippen molar-refractivity contribution in [1.29, 1.82) is 0 Å². The van der Waals surface area contributed by atoms with Crippen LogP contribution in [0.4, 0.5) is 4.79 Å². The maximum atomic E-state index is 12.3. The Labute approximate surface area is 132 Å². The van der Waals surface area contributed by atoms with Gasteiger partial charge in [0, 0.05) is 32.0 Å². The zero-order valence-electron chi connectivity index (χ0n) is 13.2. The van der Waals surface area contributed by atoms with Gasteiger partial charge < -0.3 is 10.2 Å². The van der Waals surface area contributed by atoms with Crippen LogP contribution in [0.3, 0.4) is 0 Å². The van der Waals surface area contributed by atoms with Gasteiger partial charge in [0.2, 0.25) is 0 Å². The van der Waals surface area contributed by atoms with Crippen LogP contribution in [0, 0.1) is 6.92 Å². The Morgan fingerprint density at radius 1 is 1.18 bits per heavy atom. The fourth-order valence-electron chi connectivity index (χ4n) is 2.31. The lowest BCUT2D eigenvalue weighted by atomic mass is 10.1. The molecule has 0 fully saturated rings.